The summed E-state index contributed by atoms with van der Waals surface area (Å²) in [6, 6.07) is 11.7. The summed E-state index contributed by atoms with van der Waals surface area (Å²) in [5, 5.41) is 7.98. The Morgan fingerprint density at radius 3 is 2.44 bits per heavy atom. The Hall–Kier alpha value is -3.55. The summed E-state index contributed by atoms with van der Waals surface area (Å²) < 4.78 is 0. The summed E-state index contributed by atoms with van der Waals surface area (Å²) in [6.45, 7) is 0.323. The number of imidazole rings is 1. The lowest BCUT2D eigenvalue weighted by Gasteiger charge is -2.08. The van der Waals surface area contributed by atoms with Crippen LogP contribution in [0.4, 0.5) is 10.5 Å². The molecule has 0 radical (unpaired) electrons. The molecule has 0 unspecified atom stereocenters. The summed E-state index contributed by atoms with van der Waals surface area (Å²) in [5.74, 6) is -0.157. The highest BCUT2D eigenvalue weighted by atomic mass is 16.2. The molecule has 0 aliphatic rings. The first kappa shape index (κ1) is 16.3. The molecule has 5 N–H and O–H groups in total. The number of rotatable bonds is 4. The average Bonchev–Trinajstić information content (AvgIpc) is 2.99. The number of benzene rings is 2. The van der Waals surface area contributed by atoms with E-state index >= 15 is 0 Å². The monoisotopic (exact) mass is 339 g/mol. The molecule has 0 bridgehead atoms. The van der Waals surface area contributed by atoms with Crippen molar-refractivity contribution >= 4 is 28.7 Å². The van der Waals surface area contributed by atoms with E-state index in [1.807, 2.05) is 0 Å². The molecule has 3 amide bonds. The molecule has 2 aromatic carbocycles. The van der Waals surface area contributed by atoms with Crippen molar-refractivity contribution in [2.24, 2.45) is 0 Å². The zero-order valence-electron chi connectivity index (χ0n) is 13.5. The molecular formula is C17H17N5O3. The molecule has 8 heteroatoms. The molecule has 1 aromatic heterocycles. The van der Waals surface area contributed by atoms with E-state index in [2.05, 4.69) is 25.9 Å². The molecule has 3 aromatic rings. The lowest BCUT2D eigenvalue weighted by Crippen LogP contribution is -2.28. The van der Waals surface area contributed by atoms with Crippen molar-refractivity contribution in [2.75, 3.05) is 12.4 Å². The summed E-state index contributed by atoms with van der Waals surface area (Å²) in [4.78, 5) is 40.0. The van der Waals surface area contributed by atoms with Gasteiger partial charge >= 0.3 is 11.7 Å². The van der Waals surface area contributed by atoms with Crippen LogP contribution in [0.25, 0.3) is 11.0 Å². The van der Waals surface area contributed by atoms with Crippen LogP contribution in [0.3, 0.4) is 0 Å². The second-order valence-electron chi connectivity index (χ2n) is 5.42. The van der Waals surface area contributed by atoms with E-state index in [1.165, 1.54) is 0 Å². The van der Waals surface area contributed by atoms with E-state index in [0.717, 1.165) is 5.56 Å². The Morgan fingerprint density at radius 1 is 1.00 bits per heavy atom. The van der Waals surface area contributed by atoms with E-state index in [0.29, 0.717) is 28.8 Å². The highest BCUT2D eigenvalue weighted by Gasteiger charge is 2.06. The molecule has 8 nitrogen and oxygen atoms in total. The van der Waals surface area contributed by atoms with Gasteiger partial charge in [-0.15, -0.1) is 0 Å². The number of nitrogens with one attached hydrogen (secondary N) is 5. The van der Waals surface area contributed by atoms with Crippen molar-refractivity contribution < 1.29 is 9.59 Å². The van der Waals surface area contributed by atoms with Crippen LogP contribution in [0, 0.1) is 0 Å². The number of carbonyl (C=O) groups is 2. The first-order valence-corrected chi connectivity index (χ1v) is 7.63. The van der Waals surface area contributed by atoms with Gasteiger partial charge in [0, 0.05) is 24.8 Å². The van der Waals surface area contributed by atoms with Gasteiger partial charge < -0.3 is 25.9 Å². The second kappa shape index (κ2) is 6.91. The number of urea groups is 1. The van der Waals surface area contributed by atoms with Gasteiger partial charge in [0.05, 0.1) is 11.0 Å². The molecule has 0 saturated carbocycles. The second-order valence-corrected chi connectivity index (χ2v) is 5.42. The Labute approximate surface area is 142 Å². The molecule has 0 spiro atoms. The van der Waals surface area contributed by atoms with Crippen molar-refractivity contribution in [1.29, 1.82) is 0 Å². The number of aromatic nitrogens is 2. The van der Waals surface area contributed by atoms with Crippen LogP contribution in [-0.4, -0.2) is 29.0 Å². The summed E-state index contributed by atoms with van der Waals surface area (Å²) >= 11 is 0. The average molecular weight is 339 g/mol. The van der Waals surface area contributed by atoms with E-state index in [9.17, 15) is 14.4 Å². The van der Waals surface area contributed by atoms with Crippen molar-refractivity contribution in [1.82, 2.24) is 20.6 Å². The third-order valence-corrected chi connectivity index (χ3v) is 3.67. The molecule has 1 heterocycles. The van der Waals surface area contributed by atoms with Crippen molar-refractivity contribution in [3.8, 4) is 0 Å². The van der Waals surface area contributed by atoms with E-state index in [4.69, 9.17) is 0 Å². The lowest BCUT2D eigenvalue weighted by atomic mass is 10.1. The number of aromatic amines is 2. The summed E-state index contributed by atoms with van der Waals surface area (Å²) in [6.07, 6.45) is 0. The van der Waals surface area contributed by atoms with Crippen molar-refractivity contribution in [2.45, 2.75) is 6.54 Å². The van der Waals surface area contributed by atoms with Crippen LogP contribution in [0.5, 0.6) is 0 Å². The van der Waals surface area contributed by atoms with Gasteiger partial charge in [-0.1, -0.05) is 12.1 Å². The smallest absolute Gasteiger partial charge is 0.323 e. The highest BCUT2D eigenvalue weighted by Crippen LogP contribution is 2.14. The fraction of sp³-hybridized carbons (Fsp3) is 0.118. The number of hydrogen-bond donors (Lipinski definition) is 5. The standard InChI is InChI=1S/C17H17N5O3/c1-18-15(23)11-4-2-10(3-5-11)9-19-16(24)20-12-6-7-13-14(8-12)22-17(25)21-13/h2-8H,9H2,1H3,(H,18,23)(H2,19,20,24)(H2,21,22,25). The first-order chi connectivity index (χ1) is 12.0. The highest BCUT2D eigenvalue weighted by molar-refractivity contribution is 5.94. The maximum atomic E-state index is 12.0. The first-order valence-electron chi connectivity index (χ1n) is 7.63. The molecule has 128 valence electrons. The van der Waals surface area contributed by atoms with Gasteiger partial charge in [0.2, 0.25) is 0 Å². The quantitative estimate of drug-likeness (QED) is 0.496. The van der Waals surface area contributed by atoms with Gasteiger partial charge in [-0.3, -0.25) is 4.79 Å². The van der Waals surface area contributed by atoms with Crippen molar-refractivity contribution in [3.05, 3.63) is 64.1 Å². The van der Waals surface area contributed by atoms with Crippen LogP contribution in [-0.2, 0) is 6.54 Å². The number of amides is 3. The third-order valence-electron chi connectivity index (χ3n) is 3.67. The van der Waals surface area contributed by atoms with Crippen LogP contribution in [0.1, 0.15) is 15.9 Å². The minimum absolute atomic E-state index is 0.157. The summed E-state index contributed by atoms with van der Waals surface area (Å²) in [7, 11) is 1.57. The molecule has 0 fully saturated rings. The topological polar surface area (TPSA) is 119 Å². The van der Waals surface area contributed by atoms with Crippen LogP contribution in [0.15, 0.2) is 47.3 Å². The van der Waals surface area contributed by atoms with Gasteiger partial charge in [0.15, 0.2) is 0 Å². The summed E-state index contributed by atoms with van der Waals surface area (Å²) in [5.41, 5.74) is 2.99. The fourth-order valence-electron chi connectivity index (χ4n) is 2.39. The maximum Gasteiger partial charge on any atom is 0.323 e. The molecule has 3 rings (SSSR count). The Morgan fingerprint density at radius 2 is 1.72 bits per heavy atom. The van der Waals surface area contributed by atoms with Gasteiger partial charge in [0.25, 0.3) is 5.91 Å². The van der Waals surface area contributed by atoms with Gasteiger partial charge in [-0.05, 0) is 35.9 Å². The number of fused-ring (bicyclic) bond motifs is 1. The van der Waals surface area contributed by atoms with Gasteiger partial charge in [-0.2, -0.15) is 0 Å². The normalized spacial score (nSPS) is 10.4. The number of carbonyl (C=O) groups excluding carboxylic acids is 2. The number of H-pyrrole nitrogens is 2. The lowest BCUT2D eigenvalue weighted by molar-refractivity contribution is 0.0963. The van der Waals surface area contributed by atoms with Crippen LogP contribution in [0.2, 0.25) is 0 Å². The predicted octanol–water partition coefficient (Wildman–Crippen LogP) is 1.54. The molecule has 0 atom stereocenters. The van der Waals surface area contributed by atoms with Crippen LogP contribution >= 0.6 is 0 Å². The van der Waals surface area contributed by atoms with Crippen molar-refractivity contribution in [3.63, 3.8) is 0 Å². The zero-order chi connectivity index (χ0) is 17.8. The van der Waals surface area contributed by atoms with E-state index < -0.39 is 0 Å². The molecule has 0 aliphatic heterocycles. The van der Waals surface area contributed by atoms with Crippen LogP contribution < -0.4 is 21.6 Å². The minimum Gasteiger partial charge on any atom is -0.355 e. The zero-order valence-corrected chi connectivity index (χ0v) is 13.5. The predicted molar refractivity (Wildman–Crippen MR) is 94.6 cm³/mol. The van der Waals surface area contributed by atoms with Gasteiger partial charge in [0.1, 0.15) is 0 Å². The number of anilines is 1. The van der Waals surface area contributed by atoms with Gasteiger partial charge in [-0.25, -0.2) is 9.59 Å². The fourth-order valence-corrected chi connectivity index (χ4v) is 2.39. The Kier molecular flexibility index (Phi) is 4.51. The molecular weight excluding hydrogens is 322 g/mol. The SMILES string of the molecule is CNC(=O)c1ccc(CNC(=O)Nc2ccc3[nH]c(=O)[nH]c3c2)cc1. The maximum absolute atomic E-state index is 12.0. The van der Waals surface area contributed by atoms with E-state index in [-0.39, 0.29) is 17.6 Å². The Bertz CT molecular complexity index is 972. The van der Waals surface area contributed by atoms with E-state index in [1.54, 1.807) is 49.5 Å². The third kappa shape index (κ3) is 3.86. The largest absolute Gasteiger partial charge is 0.355 e. The minimum atomic E-state index is -0.368. The molecule has 0 aliphatic carbocycles. The molecule has 25 heavy (non-hydrogen) atoms. The number of hydrogen-bond acceptors (Lipinski definition) is 3. The Balaban J connectivity index is 1.58. The molecule has 0 saturated heterocycles.